The number of hydrogen-bond donors (Lipinski definition) is 1. The number of carbonyl (C=O) groups is 1. The van der Waals surface area contributed by atoms with Crippen molar-refractivity contribution in [1.29, 1.82) is 0 Å². The number of nitrogens with zero attached hydrogens (tertiary/aromatic N) is 2. The first kappa shape index (κ1) is 20.0. The third-order valence-corrected chi connectivity index (χ3v) is 6.44. The lowest BCUT2D eigenvalue weighted by molar-refractivity contribution is -0.134. The van der Waals surface area contributed by atoms with Crippen molar-refractivity contribution in [3.8, 4) is 11.5 Å². The Morgan fingerprint density at radius 1 is 1.00 bits per heavy atom. The monoisotopic (exact) mass is 405 g/mol. The van der Waals surface area contributed by atoms with Gasteiger partial charge in [-0.2, -0.15) is 4.31 Å². The molecule has 1 aliphatic rings. The van der Waals surface area contributed by atoms with Crippen molar-refractivity contribution in [1.82, 2.24) is 9.21 Å². The Kier molecular flexibility index (Phi) is 6.05. The van der Waals surface area contributed by atoms with Gasteiger partial charge in [-0.05, 0) is 36.4 Å². The van der Waals surface area contributed by atoms with E-state index in [1.54, 1.807) is 35.2 Å². The van der Waals surface area contributed by atoms with Crippen molar-refractivity contribution in [3.05, 3.63) is 48.5 Å². The molecule has 28 heavy (non-hydrogen) atoms. The van der Waals surface area contributed by atoms with Crippen LogP contribution in [0.15, 0.2) is 53.4 Å². The predicted molar refractivity (Wildman–Crippen MR) is 105 cm³/mol. The molecule has 1 saturated heterocycles. The molecule has 3 rings (SSSR count). The van der Waals surface area contributed by atoms with Crippen LogP contribution in [0.4, 0.5) is 5.69 Å². The molecule has 1 aliphatic heterocycles. The van der Waals surface area contributed by atoms with E-state index < -0.39 is 10.0 Å². The summed E-state index contributed by atoms with van der Waals surface area (Å²) >= 11 is 0. The summed E-state index contributed by atoms with van der Waals surface area (Å²) in [6.07, 6.45) is 0. The highest BCUT2D eigenvalue weighted by Crippen LogP contribution is 2.26. The second-order valence-electron chi connectivity index (χ2n) is 6.29. The molecule has 2 N–H and O–H groups in total. The Morgan fingerprint density at radius 3 is 2.21 bits per heavy atom. The molecule has 0 unspecified atom stereocenters. The molecule has 0 saturated carbocycles. The summed E-state index contributed by atoms with van der Waals surface area (Å²) in [6, 6.07) is 13.2. The van der Waals surface area contributed by atoms with Crippen LogP contribution in [0.2, 0.25) is 0 Å². The van der Waals surface area contributed by atoms with Gasteiger partial charge >= 0.3 is 0 Å². The molecular weight excluding hydrogens is 382 g/mol. The fourth-order valence-corrected chi connectivity index (χ4v) is 4.36. The lowest BCUT2D eigenvalue weighted by atomic mass is 10.3. The number of anilines is 1. The molecule has 0 radical (unpaired) electrons. The zero-order chi connectivity index (χ0) is 20.1. The largest absolute Gasteiger partial charge is 0.493 e. The molecule has 1 heterocycles. The zero-order valence-corrected chi connectivity index (χ0v) is 16.4. The van der Waals surface area contributed by atoms with Crippen molar-refractivity contribution < 1.29 is 22.7 Å². The van der Waals surface area contributed by atoms with E-state index in [9.17, 15) is 13.2 Å². The number of ether oxygens (including phenoxy) is 2. The summed E-state index contributed by atoms with van der Waals surface area (Å²) in [7, 11) is -2.07. The van der Waals surface area contributed by atoms with E-state index in [1.807, 2.05) is 6.07 Å². The highest BCUT2D eigenvalue weighted by atomic mass is 32.2. The second kappa shape index (κ2) is 8.49. The molecule has 2 aromatic rings. The average Bonchev–Trinajstić information content (AvgIpc) is 2.72. The van der Waals surface area contributed by atoms with Crippen molar-refractivity contribution in [2.75, 3.05) is 45.6 Å². The van der Waals surface area contributed by atoms with Crippen LogP contribution in [-0.2, 0) is 14.8 Å². The number of amides is 1. The number of para-hydroxylation sites is 2. The quantitative estimate of drug-likeness (QED) is 0.725. The highest BCUT2D eigenvalue weighted by Gasteiger charge is 2.30. The fourth-order valence-electron chi connectivity index (χ4n) is 2.94. The highest BCUT2D eigenvalue weighted by molar-refractivity contribution is 7.89. The van der Waals surface area contributed by atoms with Crippen LogP contribution >= 0.6 is 0 Å². The number of sulfonamides is 1. The van der Waals surface area contributed by atoms with Gasteiger partial charge in [0.05, 0.1) is 12.0 Å². The maximum Gasteiger partial charge on any atom is 0.260 e. The van der Waals surface area contributed by atoms with Gasteiger partial charge in [0.2, 0.25) is 10.0 Å². The van der Waals surface area contributed by atoms with Gasteiger partial charge < -0.3 is 20.1 Å². The average molecular weight is 405 g/mol. The van der Waals surface area contributed by atoms with E-state index in [4.69, 9.17) is 15.2 Å². The van der Waals surface area contributed by atoms with Crippen LogP contribution in [0.5, 0.6) is 11.5 Å². The Hall–Kier alpha value is -2.78. The maximum atomic E-state index is 12.7. The van der Waals surface area contributed by atoms with Gasteiger partial charge in [-0.3, -0.25) is 4.79 Å². The maximum absolute atomic E-state index is 12.7. The van der Waals surface area contributed by atoms with Crippen LogP contribution in [0.3, 0.4) is 0 Å². The SMILES string of the molecule is COc1ccccc1OCC(=O)N1CCN(S(=O)(=O)c2ccc(N)cc2)CC1. The molecule has 1 amide bonds. The van der Waals surface area contributed by atoms with E-state index in [0.29, 0.717) is 30.3 Å². The molecule has 1 fully saturated rings. The van der Waals surface area contributed by atoms with E-state index >= 15 is 0 Å². The predicted octanol–water partition coefficient (Wildman–Crippen LogP) is 1.19. The number of benzene rings is 2. The van der Waals surface area contributed by atoms with E-state index in [1.165, 1.54) is 23.5 Å². The number of piperazine rings is 1. The zero-order valence-electron chi connectivity index (χ0n) is 15.6. The van der Waals surface area contributed by atoms with Gasteiger partial charge in [-0.25, -0.2) is 8.42 Å². The normalized spacial score (nSPS) is 15.2. The second-order valence-corrected chi connectivity index (χ2v) is 8.23. The molecule has 150 valence electrons. The first-order chi connectivity index (χ1) is 13.4. The number of methoxy groups -OCH3 is 1. The van der Waals surface area contributed by atoms with E-state index in [2.05, 4.69) is 0 Å². The lowest BCUT2D eigenvalue weighted by Gasteiger charge is -2.34. The standard InChI is InChI=1S/C19H23N3O5S/c1-26-17-4-2-3-5-18(17)27-14-19(23)21-10-12-22(13-11-21)28(24,25)16-8-6-15(20)7-9-16/h2-9H,10-14,20H2,1H3. The van der Waals surface area contributed by atoms with Crippen LogP contribution in [0.25, 0.3) is 0 Å². The molecule has 0 spiro atoms. The smallest absolute Gasteiger partial charge is 0.260 e. The molecule has 0 bridgehead atoms. The summed E-state index contributed by atoms with van der Waals surface area (Å²) in [5.41, 5.74) is 6.12. The van der Waals surface area contributed by atoms with E-state index in [0.717, 1.165) is 0 Å². The van der Waals surface area contributed by atoms with Crippen molar-refractivity contribution >= 4 is 21.6 Å². The van der Waals surface area contributed by atoms with Gasteiger partial charge in [0.25, 0.3) is 5.91 Å². The summed E-state index contributed by atoms with van der Waals surface area (Å²) in [6.45, 7) is 0.940. The summed E-state index contributed by atoms with van der Waals surface area (Å²) in [5, 5.41) is 0. The van der Waals surface area contributed by atoms with Gasteiger partial charge in [0.15, 0.2) is 18.1 Å². The molecule has 9 heteroatoms. The van der Waals surface area contributed by atoms with Crippen LogP contribution in [0.1, 0.15) is 0 Å². The topological polar surface area (TPSA) is 102 Å². The number of carbonyl (C=O) groups excluding carboxylic acids is 1. The molecule has 0 aliphatic carbocycles. The van der Waals surface area contributed by atoms with Crippen LogP contribution in [-0.4, -0.2) is 63.4 Å². The summed E-state index contributed by atoms with van der Waals surface area (Å²) in [4.78, 5) is 14.2. The Labute approximate surface area is 164 Å². The van der Waals surface area contributed by atoms with Gasteiger partial charge in [-0.1, -0.05) is 12.1 Å². The summed E-state index contributed by atoms with van der Waals surface area (Å²) < 4.78 is 37.5. The minimum atomic E-state index is -3.60. The third kappa shape index (κ3) is 4.37. The van der Waals surface area contributed by atoms with Crippen molar-refractivity contribution in [2.24, 2.45) is 0 Å². The number of rotatable bonds is 6. The van der Waals surface area contributed by atoms with Crippen molar-refractivity contribution in [3.63, 3.8) is 0 Å². The van der Waals surface area contributed by atoms with E-state index in [-0.39, 0.29) is 30.5 Å². The Balaban J connectivity index is 1.56. The first-order valence-electron chi connectivity index (χ1n) is 8.81. The number of nitrogens with two attached hydrogens (primary N) is 1. The van der Waals surface area contributed by atoms with Crippen LogP contribution < -0.4 is 15.2 Å². The van der Waals surface area contributed by atoms with Gasteiger partial charge in [0, 0.05) is 31.9 Å². The Morgan fingerprint density at radius 2 is 1.61 bits per heavy atom. The van der Waals surface area contributed by atoms with Gasteiger partial charge in [0.1, 0.15) is 0 Å². The third-order valence-electron chi connectivity index (χ3n) is 4.53. The summed E-state index contributed by atoms with van der Waals surface area (Å²) in [5.74, 6) is 0.841. The number of nitrogen functional groups attached to an aromatic ring is 1. The number of hydrogen-bond acceptors (Lipinski definition) is 6. The van der Waals surface area contributed by atoms with Crippen molar-refractivity contribution in [2.45, 2.75) is 4.90 Å². The van der Waals surface area contributed by atoms with Gasteiger partial charge in [-0.15, -0.1) is 0 Å². The molecular formula is C19H23N3O5S. The minimum Gasteiger partial charge on any atom is -0.493 e. The fraction of sp³-hybridized carbons (Fsp3) is 0.316. The Bertz CT molecular complexity index is 923. The van der Waals surface area contributed by atoms with Crippen LogP contribution in [0, 0.1) is 0 Å². The molecule has 0 atom stereocenters. The first-order valence-corrected chi connectivity index (χ1v) is 10.2. The molecule has 2 aromatic carbocycles. The molecule has 8 nitrogen and oxygen atoms in total. The minimum absolute atomic E-state index is 0.134. The lowest BCUT2D eigenvalue weighted by Crippen LogP contribution is -2.51. The molecule has 0 aromatic heterocycles.